The van der Waals surface area contributed by atoms with Crippen molar-refractivity contribution in [2.75, 3.05) is 18.2 Å². The minimum atomic E-state index is -4.48. The summed E-state index contributed by atoms with van der Waals surface area (Å²) < 4.78 is 51.3. The molecule has 2 heterocycles. The molecule has 3 aromatic rings. The highest BCUT2D eigenvalue weighted by molar-refractivity contribution is 7.99. The van der Waals surface area contributed by atoms with Gasteiger partial charge in [-0.25, -0.2) is 4.79 Å². The molecule has 40 heavy (non-hydrogen) atoms. The first kappa shape index (κ1) is 29.7. The van der Waals surface area contributed by atoms with Crippen LogP contribution in [0.1, 0.15) is 57.9 Å². The maximum atomic E-state index is 13.0. The van der Waals surface area contributed by atoms with Gasteiger partial charge in [-0.1, -0.05) is 36.7 Å². The molecule has 1 aliphatic rings. The largest absolute Gasteiger partial charge is 0.486 e. The zero-order valence-electron chi connectivity index (χ0n) is 21.9. The van der Waals surface area contributed by atoms with Crippen LogP contribution in [0.3, 0.4) is 0 Å². The number of benzene rings is 1. The van der Waals surface area contributed by atoms with E-state index in [1.54, 1.807) is 10.6 Å². The fourth-order valence-corrected chi connectivity index (χ4v) is 6.43. The minimum absolute atomic E-state index is 0.00700. The molecule has 1 amide bonds. The first-order chi connectivity index (χ1) is 19.2. The Balaban J connectivity index is 1.43. The first-order valence-corrected chi connectivity index (χ1v) is 14.5. The van der Waals surface area contributed by atoms with Gasteiger partial charge in [-0.15, -0.1) is 28.1 Å². The van der Waals surface area contributed by atoms with Crippen LogP contribution in [0.5, 0.6) is 5.75 Å². The number of ether oxygens (including phenoxy) is 2. The minimum Gasteiger partial charge on any atom is -0.486 e. The summed E-state index contributed by atoms with van der Waals surface area (Å²) >= 11 is 2.56. The third-order valence-corrected chi connectivity index (χ3v) is 8.45. The molecule has 1 aliphatic carbocycles. The number of thioether (sulfide) groups is 1. The summed E-state index contributed by atoms with van der Waals surface area (Å²) in [7, 11) is 1.33. The van der Waals surface area contributed by atoms with Gasteiger partial charge in [0, 0.05) is 11.4 Å². The van der Waals surface area contributed by atoms with Crippen molar-refractivity contribution in [1.29, 1.82) is 0 Å². The Hall–Kier alpha value is -3.32. The van der Waals surface area contributed by atoms with E-state index in [1.165, 1.54) is 30.6 Å². The topological polar surface area (TPSA) is 95.3 Å². The molecule has 214 valence electrons. The maximum Gasteiger partial charge on any atom is 0.416 e. The molecule has 13 heteroatoms. The molecule has 0 unspecified atom stereocenters. The molecule has 2 aromatic heterocycles. The predicted molar refractivity (Wildman–Crippen MR) is 147 cm³/mol. The van der Waals surface area contributed by atoms with Crippen LogP contribution >= 0.6 is 23.1 Å². The number of carbonyl (C=O) groups excluding carboxylic acids is 2. The fourth-order valence-electron chi connectivity index (χ4n) is 4.37. The molecule has 0 fully saturated rings. The summed E-state index contributed by atoms with van der Waals surface area (Å²) in [6, 6.07) is 4.58. The second-order valence-corrected chi connectivity index (χ2v) is 11.1. The lowest BCUT2D eigenvalue weighted by molar-refractivity contribution is -0.137. The summed E-state index contributed by atoms with van der Waals surface area (Å²) in [6.07, 6.45) is 3.04. The number of alkyl halides is 3. The lowest BCUT2D eigenvalue weighted by atomic mass is 9.96. The number of hydrogen-bond acceptors (Lipinski definition) is 8. The van der Waals surface area contributed by atoms with Gasteiger partial charge in [0.15, 0.2) is 11.0 Å². The first-order valence-electron chi connectivity index (χ1n) is 12.7. The average molecular weight is 595 g/mol. The Bertz CT molecular complexity index is 1370. The number of aromatic nitrogens is 3. The zero-order valence-corrected chi connectivity index (χ0v) is 23.5. The number of nitrogens with one attached hydrogen (secondary N) is 1. The van der Waals surface area contributed by atoms with Crippen LogP contribution in [0, 0.1) is 0 Å². The van der Waals surface area contributed by atoms with Gasteiger partial charge in [-0.3, -0.25) is 9.36 Å². The van der Waals surface area contributed by atoms with Gasteiger partial charge in [-0.2, -0.15) is 13.2 Å². The molecular weight excluding hydrogens is 565 g/mol. The Kier molecular flexibility index (Phi) is 9.90. The molecule has 4 rings (SSSR count). The number of aryl methyl sites for hydroxylation is 1. The number of hydrogen-bond donors (Lipinski definition) is 1. The average Bonchev–Trinajstić information content (AvgIpc) is 3.45. The van der Waals surface area contributed by atoms with Gasteiger partial charge >= 0.3 is 12.1 Å². The van der Waals surface area contributed by atoms with E-state index in [0.29, 0.717) is 28.1 Å². The van der Waals surface area contributed by atoms with Crippen LogP contribution in [0.2, 0.25) is 0 Å². The number of allylic oxidation sites excluding steroid dienone is 1. The number of rotatable bonds is 10. The van der Waals surface area contributed by atoms with E-state index in [0.717, 1.165) is 72.9 Å². The molecular formula is C27H29F3N4O4S2. The Labute approximate surface area is 238 Å². The predicted octanol–water partition coefficient (Wildman–Crippen LogP) is 6.30. The van der Waals surface area contributed by atoms with E-state index in [4.69, 9.17) is 9.47 Å². The Morgan fingerprint density at radius 2 is 1.98 bits per heavy atom. The standard InChI is InChI=1S/C27H29F3N4O4S2/c1-3-13-34-21(15-38-18-10-8-9-17(14-18)27(28,29)30)32-33-26(34)39-16-22(35)31-24-23(25(36)37-2)19-11-6-4-5-7-12-20(19)40-24/h3,8-10,14H,1,4-7,11-13,15-16H2,2H3,(H,31,35). The monoisotopic (exact) mass is 594 g/mol. The van der Waals surface area contributed by atoms with Crippen LogP contribution < -0.4 is 10.1 Å². The second kappa shape index (κ2) is 13.4. The number of amides is 1. The number of methoxy groups -OCH3 is 1. The summed E-state index contributed by atoms with van der Waals surface area (Å²) in [5.41, 5.74) is 0.593. The van der Waals surface area contributed by atoms with E-state index in [2.05, 4.69) is 22.1 Å². The number of esters is 1. The molecule has 1 aromatic carbocycles. The van der Waals surface area contributed by atoms with E-state index in [1.807, 2.05) is 0 Å². The smallest absolute Gasteiger partial charge is 0.416 e. The second-order valence-electron chi connectivity index (χ2n) is 9.06. The molecule has 0 spiro atoms. The van der Waals surface area contributed by atoms with Crippen molar-refractivity contribution < 1.29 is 32.2 Å². The quantitative estimate of drug-likeness (QED) is 0.167. The van der Waals surface area contributed by atoms with Gasteiger partial charge in [0.25, 0.3) is 0 Å². The summed E-state index contributed by atoms with van der Waals surface area (Å²) in [5.74, 6) is -0.377. The van der Waals surface area contributed by atoms with Gasteiger partial charge in [0.2, 0.25) is 5.91 Å². The highest BCUT2D eigenvalue weighted by Gasteiger charge is 2.31. The van der Waals surface area contributed by atoms with Gasteiger partial charge in [0.1, 0.15) is 17.4 Å². The van der Waals surface area contributed by atoms with Crippen molar-refractivity contribution >= 4 is 40.0 Å². The van der Waals surface area contributed by atoms with Crippen molar-refractivity contribution in [3.05, 3.63) is 64.3 Å². The van der Waals surface area contributed by atoms with Gasteiger partial charge < -0.3 is 14.8 Å². The molecule has 0 radical (unpaired) electrons. The SMILES string of the molecule is C=CCn1c(COc2cccc(C(F)(F)F)c2)nnc1SCC(=O)Nc1sc2c(c1C(=O)OC)CCCCCC2. The third kappa shape index (κ3) is 7.25. The van der Waals surface area contributed by atoms with Gasteiger partial charge in [-0.05, 0) is 49.4 Å². The molecule has 0 aliphatic heterocycles. The maximum absolute atomic E-state index is 13.0. The molecule has 0 atom stereocenters. The summed E-state index contributed by atoms with van der Waals surface area (Å²) in [5, 5.41) is 12.0. The van der Waals surface area contributed by atoms with Crippen molar-refractivity contribution in [3.63, 3.8) is 0 Å². The number of fused-ring (bicyclic) bond motifs is 1. The van der Waals surface area contributed by atoms with E-state index >= 15 is 0 Å². The van der Waals surface area contributed by atoms with Crippen molar-refractivity contribution in [3.8, 4) is 5.75 Å². The Morgan fingerprint density at radius 1 is 1.20 bits per heavy atom. The van der Waals surface area contributed by atoms with Crippen molar-refractivity contribution in [2.45, 2.75) is 63.0 Å². The lowest BCUT2D eigenvalue weighted by Gasteiger charge is -2.11. The molecule has 0 saturated heterocycles. The van der Waals surface area contributed by atoms with Crippen LogP contribution in [-0.4, -0.2) is 39.5 Å². The Morgan fingerprint density at radius 3 is 2.70 bits per heavy atom. The molecule has 0 bridgehead atoms. The van der Waals surface area contributed by atoms with Crippen molar-refractivity contribution in [2.24, 2.45) is 0 Å². The highest BCUT2D eigenvalue weighted by atomic mass is 32.2. The van der Waals surface area contributed by atoms with Crippen LogP contribution in [-0.2, 0) is 41.7 Å². The number of nitrogens with zero attached hydrogens (tertiary/aromatic N) is 3. The number of carbonyl (C=O) groups is 2. The van der Waals surface area contributed by atoms with Gasteiger partial charge in [0.05, 0.1) is 24.0 Å². The number of anilines is 1. The summed E-state index contributed by atoms with van der Waals surface area (Å²) in [4.78, 5) is 26.6. The molecule has 1 N–H and O–H groups in total. The van der Waals surface area contributed by atoms with Crippen LogP contribution in [0.15, 0.2) is 42.1 Å². The number of thiophene rings is 1. The fraction of sp³-hybridized carbons (Fsp3) is 0.407. The van der Waals surface area contributed by atoms with Crippen LogP contribution in [0.4, 0.5) is 18.2 Å². The third-order valence-electron chi connectivity index (χ3n) is 6.28. The van der Waals surface area contributed by atoms with Crippen LogP contribution in [0.25, 0.3) is 0 Å². The number of halogens is 3. The molecule has 8 nitrogen and oxygen atoms in total. The normalized spacial score (nSPS) is 13.6. The van der Waals surface area contributed by atoms with E-state index in [-0.39, 0.29) is 24.0 Å². The lowest BCUT2D eigenvalue weighted by Crippen LogP contribution is -2.17. The zero-order chi connectivity index (χ0) is 28.7. The highest BCUT2D eigenvalue weighted by Crippen LogP contribution is 2.38. The van der Waals surface area contributed by atoms with E-state index < -0.39 is 17.7 Å². The molecule has 0 saturated carbocycles. The van der Waals surface area contributed by atoms with Crippen molar-refractivity contribution in [1.82, 2.24) is 14.8 Å². The van der Waals surface area contributed by atoms with E-state index in [9.17, 15) is 22.8 Å². The summed E-state index contributed by atoms with van der Waals surface area (Å²) in [6.45, 7) is 3.91.